The number of carboxylic acids is 1. The minimum atomic E-state index is -0.815. The predicted octanol–water partition coefficient (Wildman–Crippen LogP) is 4.28. The SMILES string of the molecule is CCOc1c(C)cccc1-c1cc(-c2cn(Cc3cccc(C(C)(C)CCC(=O)O)n3)nn2)nc(N)n1. The van der Waals surface area contributed by atoms with E-state index in [1.807, 2.05) is 70.2 Å². The molecule has 3 heterocycles. The fraction of sp³-hybridized carbons (Fsp3) is 0.333. The Morgan fingerprint density at radius 3 is 2.59 bits per heavy atom. The number of pyridine rings is 1. The van der Waals surface area contributed by atoms with Crippen LogP contribution in [0, 0.1) is 6.92 Å². The number of rotatable bonds is 10. The summed E-state index contributed by atoms with van der Waals surface area (Å²) >= 11 is 0. The number of aryl methyl sites for hydroxylation is 1. The summed E-state index contributed by atoms with van der Waals surface area (Å²) in [7, 11) is 0. The van der Waals surface area contributed by atoms with E-state index in [1.165, 1.54) is 0 Å². The van der Waals surface area contributed by atoms with Crippen LogP contribution in [0.2, 0.25) is 0 Å². The molecule has 0 saturated heterocycles. The van der Waals surface area contributed by atoms with Gasteiger partial charge in [-0.1, -0.05) is 37.3 Å². The number of hydrogen-bond donors (Lipinski definition) is 2. The van der Waals surface area contributed by atoms with Gasteiger partial charge in [0.2, 0.25) is 5.95 Å². The topological polar surface area (TPSA) is 142 Å². The van der Waals surface area contributed by atoms with Gasteiger partial charge in [0, 0.05) is 23.1 Å². The zero-order valence-corrected chi connectivity index (χ0v) is 21.5. The lowest BCUT2D eigenvalue weighted by molar-refractivity contribution is -0.137. The van der Waals surface area contributed by atoms with E-state index in [4.69, 9.17) is 20.6 Å². The maximum Gasteiger partial charge on any atom is 0.303 e. The van der Waals surface area contributed by atoms with Crippen LogP contribution in [0.4, 0.5) is 5.95 Å². The Labute approximate surface area is 215 Å². The van der Waals surface area contributed by atoms with E-state index in [9.17, 15) is 4.79 Å². The maximum atomic E-state index is 11.0. The van der Waals surface area contributed by atoms with Crippen molar-refractivity contribution < 1.29 is 14.6 Å². The van der Waals surface area contributed by atoms with Gasteiger partial charge in [-0.05, 0) is 50.1 Å². The van der Waals surface area contributed by atoms with Crippen molar-refractivity contribution in [2.75, 3.05) is 12.3 Å². The molecule has 10 nitrogen and oxygen atoms in total. The van der Waals surface area contributed by atoms with E-state index in [0.29, 0.717) is 36.7 Å². The molecule has 4 rings (SSSR count). The summed E-state index contributed by atoms with van der Waals surface area (Å²) in [6.45, 7) is 8.86. The lowest BCUT2D eigenvalue weighted by atomic mass is 9.84. The molecular weight excluding hydrogens is 470 g/mol. The summed E-state index contributed by atoms with van der Waals surface area (Å²) in [6, 6.07) is 13.5. The van der Waals surface area contributed by atoms with Gasteiger partial charge in [-0.25, -0.2) is 14.6 Å². The molecule has 0 atom stereocenters. The Hall–Kier alpha value is -4.34. The van der Waals surface area contributed by atoms with Crippen LogP contribution in [0.25, 0.3) is 22.6 Å². The fourth-order valence-corrected chi connectivity index (χ4v) is 4.08. The number of nitrogen functional groups attached to an aromatic ring is 1. The first-order valence-corrected chi connectivity index (χ1v) is 12.1. The second-order valence-corrected chi connectivity index (χ2v) is 9.47. The van der Waals surface area contributed by atoms with Crippen molar-refractivity contribution in [3.05, 3.63) is 65.6 Å². The molecule has 0 aliphatic rings. The number of nitrogens with two attached hydrogens (primary N) is 1. The van der Waals surface area contributed by atoms with E-state index >= 15 is 0 Å². The molecule has 10 heteroatoms. The third kappa shape index (κ3) is 6.08. The van der Waals surface area contributed by atoms with Crippen molar-refractivity contribution >= 4 is 11.9 Å². The average Bonchev–Trinajstić information content (AvgIpc) is 3.32. The number of hydrogen-bond acceptors (Lipinski definition) is 8. The van der Waals surface area contributed by atoms with Crippen LogP contribution >= 0.6 is 0 Å². The quantitative estimate of drug-likeness (QED) is 0.325. The van der Waals surface area contributed by atoms with Crippen LogP contribution in [0.1, 0.15) is 50.6 Å². The van der Waals surface area contributed by atoms with Crippen molar-refractivity contribution in [1.82, 2.24) is 29.9 Å². The zero-order chi connectivity index (χ0) is 26.6. The number of nitrogens with zero attached hydrogens (tertiary/aromatic N) is 6. The lowest BCUT2D eigenvalue weighted by Gasteiger charge is -2.23. The van der Waals surface area contributed by atoms with Gasteiger partial charge >= 0.3 is 5.97 Å². The monoisotopic (exact) mass is 501 g/mol. The summed E-state index contributed by atoms with van der Waals surface area (Å²) < 4.78 is 7.55. The summed E-state index contributed by atoms with van der Waals surface area (Å²) in [4.78, 5) is 24.6. The van der Waals surface area contributed by atoms with Crippen LogP contribution in [0.5, 0.6) is 5.75 Å². The molecular formula is C27H31N7O3. The molecule has 1 aromatic carbocycles. The number of anilines is 1. The van der Waals surface area contributed by atoms with Crippen molar-refractivity contribution in [1.29, 1.82) is 0 Å². The summed E-state index contributed by atoms with van der Waals surface area (Å²) in [5, 5.41) is 17.6. The molecule has 0 radical (unpaired) electrons. The van der Waals surface area contributed by atoms with Crippen LogP contribution in [-0.4, -0.2) is 47.6 Å². The van der Waals surface area contributed by atoms with Gasteiger partial charge in [-0.2, -0.15) is 0 Å². The molecule has 0 aliphatic heterocycles. The molecule has 0 unspecified atom stereocenters. The Bertz CT molecular complexity index is 1410. The molecule has 0 amide bonds. The summed E-state index contributed by atoms with van der Waals surface area (Å²) in [5.41, 5.74) is 10.9. The molecule has 3 N–H and O–H groups in total. The second-order valence-electron chi connectivity index (χ2n) is 9.47. The fourth-order valence-electron chi connectivity index (χ4n) is 4.08. The van der Waals surface area contributed by atoms with Gasteiger partial charge in [0.1, 0.15) is 11.4 Å². The lowest BCUT2D eigenvalue weighted by Crippen LogP contribution is -2.21. The number of aliphatic carboxylic acids is 1. The van der Waals surface area contributed by atoms with Gasteiger partial charge in [-0.15, -0.1) is 5.10 Å². The number of carbonyl (C=O) groups is 1. The van der Waals surface area contributed by atoms with Crippen LogP contribution in [0.3, 0.4) is 0 Å². The number of ether oxygens (including phenoxy) is 1. The Balaban J connectivity index is 1.59. The van der Waals surface area contributed by atoms with Crippen molar-refractivity contribution in [2.24, 2.45) is 0 Å². The van der Waals surface area contributed by atoms with E-state index < -0.39 is 5.97 Å². The normalized spacial score (nSPS) is 11.5. The summed E-state index contributed by atoms with van der Waals surface area (Å²) in [6.07, 6.45) is 2.37. The van der Waals surface area contributed by atoms with E-state index in [-0.39, 0.29) is 17.8 Å². The minimum Gasteiger partial charge on any atom is -0.493 e. The molecule has 192 valence electrons. The smallest absolute Gasteiger partial charge is 0.303 e. The Morgan fingerprint density at radius 1 is 1.08 bits per heavy atom. The first-order valence-electron chi connectivity index (χ1n) is 12.1. The number of para-hydroxylation sites is 1. The number of benzene rings is 1. The zero-order valence-electron chi connectivity index (χ0n) is 21.5. The highest BCUT2D eigenvalue weighted by Crippen LogP contribution is 2.33. The Morgan fingerprint density at radius 2 is 1.84 bits per heavy atom. The van der Waals surface area contributed by atoms with Gasteiger partial charge < -0.3 is 15.6 Å². The summed E-state index contributed by atoms with van der Waals surface area (Å²) in [5.74, 6) is 0.0725. The number of aromatic nitrogens is 6. The van der Waals surface area contributed by atoms with Gasteiger partial charge in [0.15, 0.2) is 0 Å². The maximum absolute atomic E-state index is 11.0. The third-order valence-corrected chi connectivity index (χ3v) is 6.11. The second kappa shape index (κ2) is 10.7. The van der Waals surface area contributed by atoms with E-state index in [0.717, 1.165) is 28.3 Å². The molecule has 0 fully saturated rings. The van der Waals surface area contributed by atoms with E-state index in [2.05, 4.69) is 20.3 Å². The Kier molecular flexibility index (Phi) is 7.47. The molecule has 0 aliphatic carbocycles. The van der Waals surface area contributed by atoms with Gasteiger partial charge in [0.05, 0.1) is 36.4 Å². The molecule has 3 aromatic heterocycles. The minimum absolute atomic E-state index is 0.0873. The predicted molar refractivity (Wildman–Crippen MR) is 140 cm³/mol. The first kappa shape index (κ1) is 25.7. The third-order valence-electron chi connectivity index (χ3n) is 6.11. The van der Waals surface area contributed by atoms with Crippen LogP contribution < -0.4 is 10.5 Å². The van der Waals surface area contributed by atoms with Crippen molar-refractivity contribution in [3.63, 3.8) is 0 Å². The van der Waals surface area contributed by atoms with Crippen molar-refractivity contribution in [2.45, 2.75) is 52.5 Å². The average molecular weight is 502 g/mol. The highest BCUT2D eigenvalue weighted by molar-refractivity contribution is 5.73. The standard InChI is InChI=1S/C27H31N7O3/c1-5-37-25-17(2)8-6-10-19(25)20-14-21(31-26(28)30-20)22-16-34(33-32-22)15-18-9-7-11-23(29-18)27(3,4)13-12-24(35)36/h6-11,14,16H,5,12-13,15H2,1-4H3,(H,35,36)(H2,28,30,31). The van der Waals surface area contributed by atoms with Crippen molar-refractivity contribution in [3.8, 4) is 28.4 Å². The molecule has 4 aromatic rings. The first-order chi connectivity index (χ1) is 17.7. The van der Waals surface area contributed by atoms with E-state index in [1.54, 1.807) is 10.9 Å². The van der Waals surface area contributed by atoms with Crippen LogP contribution in [0.15, 0.2) is 48.7 Å². The highest BCUT2D eigenvalue weighted by atomic mass is 16.5. The van der Waals surface area contributed by atoms with Gasteiger partial charge in [0.25, 0.3) is 0 Å². The highest BCUT2D eigenvalue weighted by Gasteiger charge is 2.23. The molecule has 0 bridgehead atoms. The largest absolute Gasteiger partial charge is 0.493 e. The molecule has 0 spiro atoms. The van der Waals surface area contributed by atoms with Gasteiger partial charge in [-0.3, -0.25) is 9.78 Å². The molecule has 0 saturated carbocycles. The number of carboxylic acid groups (broad SMARTS) is 1. The molecule has 37 heavy (non-hydrogen) atoms. The van der Waals surface area contributed by atoms with Crippen LogP contribution in [-0.2, 0) is 16.8 Å².